The molecule has 1 aliphatic rings. The Kier molecular flexibility index (Phi) is 4.89. The summed E-state index contributed by atoms with van der Waals surface area (Å²) in [5.41, 5.74) is 0.974. The van der Waals surface area contributed by atoms with E-state index in [9.17, 15) is 5.11 Å². The van der Waals surface area contributed by atoms with E-state index in [1.807, 2.05) is 24.3 Å². The predicted molar refractivity (Wildman–Crippen MR) is 86.3 cm³/mol. The Morgan fingerprint density at radius 3 is 2.48 bits per heavy atom. The van der Waals surface area contributed by atoms with Gasteiger partial charge in [-0.3, -0.25) is 0 Å². The average Bonchev–Trinajstić information content (AvgIpc) is 2.81. The molecule has 21 heavy (non-hydrogen) atoms. The average molecular weight is 284 g/mol. The topological polar surface area (TPSA) is 29.5 Å². The minimum atomic E-state index is -0.542. The van der Waals surface area contributed by atoms with E-state index in [0.29, 0.717) is 12.7 Å². The van der Waals surface area contributed by atoms with Crippen LogP contribution in [0.2, 0.25) is 0 Å². The molecule has 0 aliphatic heterocycles. The molecule has 2 heteroatoms. The second-order valence-corrected chi connectivity index (χ2v) is 6.03. The summed E-state index contributed by atoms with van der Waals surface area (Å²) in [6.45, 7) is 0.401. The molecule has 1 saturated carbocycles. The zero-order valence-corrected chi connectivity index (χ0v) is 12.5. The first-order valence-electron chi connectivity index (χ1n) is 8.12. The minimum Gasteiger partial charge on any atom is -0.386 e. The van der Waals surface area contributed by atoms with Gasteiger partial charge in [-0.2, -0.15) is 0 Å². The van der Waals surface area contributed by atoms with E-state index >= 15 is 0 Å². The smallest absolute Gasteiger partial charge is 0.103 e. The van der Waals surface area contributed by atoms with Gasteiger partial charge in [0.25, 0.3) is 0 Å². The molecule has 0 spiro atoms. The number of aliphatic hydroxyl groups excluding tert-OH is 1. The van der Waals surface area contributed by atoms with Crippen molar-refractivity contribution in [2.75, 3.05) is 6.61 Å². The second-order valence-electron chi connectivity index (χ2n) is 6.03. The molecule has 0 bridgehead atoms. The molecule has 112 valence electrons. The van der Waals surface area contributed by atoms with Crippen LogP contribution < -0.4 is 0 Å². The number of benzene rings is 2. The van der Waals surface area contributed by atoms with Crippen LogP contribution in [-0.4, -0.2) is 17.8 Å². The first-order chi connectivity index (χ1) is 10.3. The fraction of sp³-hybridized carbons (Fsp3) is 0.474. The van der Waals surface area contributed by atoms with Gasteiger partial charge in [0.2, 0.25) is 0 Å². The highest BCUT2D eigenvalue weighted by Crippen LogP contribution is 2.26. The van der Waals surface area contributed by atoms with Crippen molar-refractivity contribution >= 4 is 10.8 Å². The molecule has 0 saturated heterocycles. The van der Waals surface area contributed by atoms with Crippen molar-refractivity contribution in [3.63, 3.8) is 0 Å². The highest BCUT2D eigenvalue weighted by atomic mass is 16.5. The molecule has 2 aromatic carbocycles. The van der Waals surface area contributed by atoms with E-state index in [-0.39, 0.29) is 0 Å². The van der Waals surface area contributed by atoms with Gasteiger partial charge in [-0.25, -0.2) is 0 Å². The van der Waals surface area contributed by atoms with Gasteiger partial charge in [0, 0.05) is 0 Å². The molecule has 0 radical (unpaired) electrons. The molecular formula is C19H24O2. The lowest BCUT2D eigenvalue weighted by molar-refractivity contribution is -0.0155. The van der Waals surface area contributed by atoms with Crippen LogP contribution in [0.4, 0.5) is 0 Å². The Bertz CT molecular complexity index is 565. The van der Waals surface area contributed by atoms with Crippen molar-refractivity contribution in [2.24, 2.45) is 0 Å². The monoisotopic (exact) mass is 284 g/mol. The second kappa shape index (κ2) is 7.06. The number of ether oxygens (including phenoxy) is 1. The van der Waals surface area contributed by atoms with E-state index in [4.69, 9.17) is 4.74 Å². The Balaban J connectivity index is 1.67. The lowest BCUT2D eigenvalue weighted by Gasteiger charge is -2.19. The summed E-state index contributed by atoms with van der Waals surface area (Å²) >= 11 is 0. The zero-order valence-electron chi connectivity index (χ0n) is 12.5. The first kappa shape index (κ1) is 14.6. The van der Waals surface area contributed by atoms with Crippen molar-refractivity contribution in [3.8, 4) is 0 Å². The fourth-order valence-corrected chi connectivity index (χ4v) is 3.27. The maximum absolute atomic E-state index is 10.5. The van der Waals surface area contributed by atoms with E-state index in [2.05, 4.69) is 18.2 Å². The summed E-state index contributed by atoms with van der Waals surface area (Å²) < 4.78 is 5.98. The Labute approximate surface area is 126 Å². The standard InChI is InChI=1S/C19H24O2/c20-19(14-21-16-10-3-1-2-4-11-16)18-13-7-9-15-8-5-6-12-17(15)18/h5-9,12-13,16,19-20H,1-4,10-11,14H2. The van der Waals surface area contributed by atoms with Crippen LogP contribution in [0.3, 0.4) is 0 Å². The molecule has 1 unspecified atom stereocenters. The molecule has 3 rings (SSSR count). The summed E-state index contributed by atoms with van der Waals surface area (Å²) in [4.78, 5) is 0. The molecular weight excluding hydrogens is 260 g/mol. The van der Waals surface area contributed by atoms with Gasteiger partial charge in [0.15, 0.2) is 0 Å². The third kappa shape index (κ3) is 3.63. The number of hydrogen-bond acceptors (Lipinski definition) is 2. The molecule has 1 atom stereocenters. The third-order valence-electron chi connectivity index (χ3n) is 4.47. The van der Waals surface area contributed by atoms with Gasteiger partial charge in [-0.05, 0) is 29.2 Å². The summed E-state index contributed by atoms with van der Waals surface area (Å²) in [5, 5.41) is 12.8. The highest BCUT2D eigenvalue weighted by molar-refractivity contribution is 5.85. The molecule has 1 aliphatic carbocycles. The molecule has 2 nitrogen and oxygen atoms in total. The zero-order chi connectivity index (χ0) is 14.5. The largest absolute Gasteiger partial charge is 0.386 e. The maximum atomic E-state index is 10.5. The fourth-order valence-electron chi connectivity index (χ4n) is 3.27. The van der Waals surface area contributed by atoms with Gasteiger partial charge >= 0.3 is 0 Å². The van der Waals surface area contributed by atoms with Crippen molar-refractivity contribution < 1.29 is 9.84 Å². The molecule has 2 aromatic rings. The summed E-state index contributed by atoms with van der Waals surface area (Å²) in [6, 6.07) is 14.3. The van der Waals surface area contributed by atoms with Crippen molar-refractivity contribution in [3.05, 3.63) is 48.0 Å². The molecule has 0 heterocycles. The SMILES string of the molecule is OC(COC1CCCCCC1)c1cccc2ccccc12. The van der Waals surface area contributed by atoms with Gasteiger partial charge < -0.3 is 9.84 Å². The summed E-state index contributed by atoms with van der Waals surface area (Å²) in [7, 11) is 0. The maximum Gasteiger partial charge on any atom is 0.103 e. The summed E-state index contributed by atoms with van der Waals surface area (Å²) in [6.07, 6.45) is 7.24. The Morgan fingerprint density at radius 1 is 0.952 bits per heavy atom. The van der Waals surface area contributed by atoms with Crippen LogP contribution in [0.15, 0.2) is 42.5 Å². The van der Waals surface area contributed by atoms with Gasteiger partial charge in [-0.15, -0.1) is 0 Å². The van der Waals surface area contributed by atoms with Gasteiger partial charge in [-0.1, -0.05) is 68.1 Å². The lowest BCUT2D eigenvalue weighted by Crippen LogP contribution is -2.17. The minimum absolute atomic E-state index is 0.331. The molecule has 1 fully saturated rings. The first-order valence-corrected chi connectivity index (χ1v) is 8.12. The van der Waals surface area contributed by atoms with E-state index in [1.165, 1.54) is 31.1 Å². The van der Waals surface area contributed by atoms with E-state index in [0.717, 1.165) is 23.8 Å². The lowest BCUT2D eigenvalue weighted by atomic mass is 10.0. The van der Waals surface area contributed by atoms with Crippen LogP contribution >= 0.6 is 0 Å². The number of aliphatic hydroxyl groups is 1. The van der Waals surface area contributed by atoms with Crippen LogP contribution in [0.25, 0.3) is 10.8 Å². The highest BCUT2D eigenvalue weighted by Gasteiger charge is 2.16. The predicted octanol–water partition coefficient (Wildman–Crippen LogP) is 4.61. The van der Waals surface area contributed by atoms with Crippen molar-refractivity contribution in [1.82, 2.24) is 0 Å². The van der Waals surface area contributed by atoms with E-state index < -0.39 is 6.10 Å². The summed E-state index contributed by atoms with van der Waals surface area (Å²) in [5.74, 6) is 0. The Hall–Kier alpha value is -1.38. The number of hydrogen-bond donors (Lipinski definition) is 1. The van der Waals surface area contributed by atoms with Crippen LogP contribution in [0, 0.1) is 0 Å². The van der Waals surface area contributed by atoms with Gasteiger partial charge in [0.1, 0.15) is 6.10 Å². The molecule has 0 aromatic heterocycles. The molecule has 0 amide bonds. The Morgan fingerprint density at radius 2 is 1.67 bits per heavy atom. The van der Waals surface area contributed by atoms with Crippen LogP contribution in [0.1, 0.15) is 50.2 Å². The molecule has 1 N–H and O–H groups in total. The van der Waals surface area contributed by atoms with Crippen molar-refractivity contribution in [2.45, 2.75) is 50.7 Å². The van der Waals surface area contributed by atoms with Crippen LogP contribution in [0.5, 0.6) is 0 Å². The van der Waals surface area contributed by atoms with Gasteiger partial charge in [0.05, 0.1) is 12.7 Å². The third-order valence-corrected chi connectivity index (χ3v) is 4.47. The quantitative estimate of drug-likeness (QED) is 0.831. The normalized spacial score (nSPS) is 18.5. The van der Waals surface area contributed by atoms with E-state index in [1.54, 1.807) is 0 Å². The number of rotatable bonds is 4. The van der Waals surface area contributed by atoms with Crippen LogP contribution in [-0.2, 0) is 4.74 Å². The number of fused-ring (bicyclic) bond motifs is 1. The van der Waals surface area contributed by atoms with Crippen molar-refractivity contribution in [1.29, 1.82) is 0 Å².